The second kappa shape index (κ2) is 6.27. The molecular weight excluding hydrogens is 260 g/mol. The summed E-state index contributed by atoms with van der Waals surface area (Å²) in [6.45, 7) is 0.818. The van der Waals surface area contributed by atoms with Crippen LogP contribution in [0, 0.1) is 0 Å². The first kappa shape index (κ1) is 14.1. The van der Waals surface area contributed by atoms with Gasteiger partial charge in [-0.3, -0.25) is 4.98 Å². The van der Waals surface area contributed by atoms with Crippen molar-refractivity contribution in [2.75, 3.05) is 14.2 Å². The lowest BCUT2D eigenvalue weighted by Gasteiger charge is -2.25. The standard InChI is InChI=1S/C18H22N2O/c1-19-12-15-11-14(8-9-17(15)21-2)16-7-3-5-13-6-4-10-20-18(13)16/h4,6,8-11,16,19H,3,5,7,12H2,1-2H3. The number of aromatic nitrogens is 1. The molecule has 3 rings (SSSR count). The number of pyridine rings is 1. The SMILES string of the molecule is CNCc1cc(C2CCCc3cccnc32)ccc1OC. The van der Waals surface area contributed by atoms with Gasteiger partial charge in [0.1, 0.15) is 5.75 Å². The first-order chi connectivity index (χ1) is 10.3. The Kier molecular flexibility index (Phi) is 4.20. The van der Waals surface area contributed by atoms with Crippen LogP contribution in [-0.4, -0.2) is 19.1 Å². The first-order valence-corrected chi connectivity index (χ1v) is 7.58. The highest BCUT2D eigenvalue weighted by atomic mass is 16.5. The van der Waals surface area contributed by atoms with E-state index in [1.54, 1.807) is 7.11 Å². The van der Waals surface area contributed by atoms with Crippen molar-refractivity contribution in [2.45, 2.75) is 31.7 Å². The van der Waals surface area contributed by atoms with Crippen LogP contribution in [0.3, 0.4) is 0 Å². The summed E-state index contributed by atoms with van der Waals surface area (Å²) in [7, 11) is 3.69. The van der Waals surface area contributed by atoms with Gasteiger partial charge in [0, 0.05) is 24.2 Å². The van der Waals surface area contributed by atoms with Gasteiger partial charge < -0.3 is 10.1 Å². The molecular formula is C18H22N2O. The molecule has 1 aliphatic rings. The fourth-order valence-corrected chi connectivity index (χ4v) is 3.28. The van der Waals surface area contributed by atoms with E-state index in [9.17, 15) is 0 Å². The molecule has 1 atom stereocenters. The van der Waals surface area contributed by atoms with E-state index in [0.29, 0.717) is 5.92 Å². The van der Waals surface area contributed by atoms with E-state index < -0.39 is 0 Å². The second-order valence-corrected chi connectivity index (χ2v) is 5.59. The van der Waals surface area contributed by atoms with E-state index in [4.69, 9.17) is 4.74 Å². The molecule has 0 aliphatic heterocycles. The molecule has 0 radical (unpaired) electrons. The number of methoxy groups -OCH3 is 1. The smallest absolute Gasteiger partial charge is 0.123 e. The molecule has 3 nitrogen and oxygen atoms in total. The van der Waals surface area contributed by atoms with E-state index in [1.165, 1.54) is 35.2 Å². The van der Waals surface area contributed by atoms with Gasteiger partial charge in [-0.25, -0.2) is 0 Å². The highest BCUT2D eigenvalue weighted by molar-refractivity contribution is 5.42. The normalized spacial score (nSPS) is 17.3. The van der Waals surface area contributed by atoms with Crippen LogP contribution in [0.4, 0.5) is 0 Å². The molecule has 1 unspecified atom stereocenters. The van der Waals surface area contributed by atoms with Crippen molar-refractivity contribution in [2.24, 2.45) is 0 Å². The van der Waals surface area contributed by atoms with Crippen molar-refractivity contribution >= 4 is 0 Å². The summed E-state index contributed by atoms with van der Waals surface area (Å²) in [5, 5.41) is 3.21. The number of ether oxygens (including phenoxy) is 1. The van der Waals surface area contributed by atoms with Crippen LogP contribution in [0.2, 0.25) is 0 Å². The third-order valence-electron chi connectivity index (χ3n) is 4.27. The number of aryl methyl sites for hydroxylation is 1. The minimum absolute atomic E-state index is 0.413. The first-order valence-electron chi connectivity index (χ1n) is 7.58. The van der Waals surface area contributed by atoms with Crippen LogP contribution in [0.15, 0.2) is 36.5 Å². The van der Waals surface area contributed by atoms with Gasteiger partial charge in [0.2, 0.25) is 0 Å². The van der Waals surface area contributed by atoms with E-state index in [2.05, 4.69) is 34.6 Å². The maximum Gasteiger partial charge on any atom is 0.123 e. The van der Waals surface area contributed by atoms with Gasteiger partial charge in [0.15, 0.2) is 0 Å². The molecule has 0 saturated carbocycles. The van der Waals surface area contributed by atoms with Crippen LogP contribution < -0.4 is 10.1 Å². The average molecular weight is 282 g/mol. The number of rotatable bonds is 4. The number of benzene rings is 1. The summed E-state index contributed by atoms with van der Waals surface area (Å²) in [6, 6.07) is 10.8. The molecule has 3 heteroatoms. The zero-order valence-corrected chi connectivity index (χ0v) is 12.7. The molecule has 0 fully saturated rings. The Labute approximate surface area is 126 Å². The van der Waals surface area contributed by atoms with Crippen molar-refractivity contribution < 1.29 is 4.74 Å². The maximum absolute atomic E-state index is 5.45. The minimum Gasteiger partial charge on any atom is -0.496 e. The Morgan fingerprint density at radius 2 is 2.24 bits per heavy atom. The summed E-state index contributed by atoms with van der Waals surface area (Å²) in [6.07, 6.45) is 5.47. The Balaban J connectivity index is 1.99. The van der Waals surface area contributed by atoms with Gasteiger partial charge in [-0.2, -0.15) is 0 Å². The fourth-order valence-electron chi connectivity index (χ4n) is 3.28. The average Bonchev–Trinajstić information content (AvgIpc) is 2.54. The van der Waals surface area contributed by atoms with Gasteiger partial charge in [-0.1, -0.05) is 18.2 Å². The largest absolute Gasteiger partial charge is 0.496 e. The van der Waals surface area contributed by atoms with Gasteiger partial charge in [0.25, 0.3) is 0 Å². The van der Waals surface area contributed by atoms with E-state index in [1.807, 2.05) is 19.3 Å². The molecule has 1 N–H and O–H groups in total. The quantitative estimate of drug-likeness (QED) is 0.934. The van der Waals surface area contributed by atoms with Crippen molar-refractivity contribution in [3.8, 4) is 5.75 Å². The predicted octanol–water partition coefficient (Wildman–Crippen LogP) is 3.28. The number of hydrogen-bond acceptors (Lipinski definition) is 3. The highest BCUT2D eigenvalue weighted by Gasteiger charge is 2.23. The van der Waals surface area contributed by atoms with E-state index in [0.717, 1.165) is 18.7 Å². The molecule has 110 valence electrons. The molecule has 0 bridgehead atoms. The van der Waals surface area contributed by atoms with Crippen LogP contribution in [0.5, 0.6) is 5.75 Å². The second-order valence-electron chi connectivity index (χ2n) is 5.59. The molecule has 21 heavy (non-hydrogen) atoms. The van der Waals surface area contributed by atoms with Gasteiger partial charge in [0.05, 0.1) is 12.8 Å². The zero-order valence-electron chi connectivity index (χ0n) is 12.7. The Hall–Kier alpha value is -1.87. The van der Waals surface area contributed by atoms with Crippen molar-refractivity contribution in [3.05, 3.63) is 58.9 Å². The van der Waals surface area contributed by atoms with Crippen LogP contribution in [0.25, 0.3) is 0 Å². The van der Waals surface area contributed by atoms with Crippen LogP contribution >= 0.6 is 0 Å². The monoisotopic (exact) mass is 282 g/mol. The summed E-state index contributed by atoms with van der Waals surface area (Å²) in [4.78, 5) is 4.65. The lowest BCUT2D eigenvalue weighted by molar-refractivity contribution is 0.408. The topological polar surface area (TPSA) is 34.2 Å². The number of fused-ring (bicyclic) bond motifs is 1. The van der Waals surface area contributed by atoms with E-state index in [-0.39, 0.29) is 0 Å². The number of nitrogens with zero attached hydrogens (tertiary/aromatic N) is 1. The van der Waals surface area contributed by atoms with Crippen LogP contribution in [0.1, 0.15) is 41.1 Å². The number of nitrogens with one attached hydrogen (secondary N) is 1. The summed E-state index contributed by atoms with van der Waals surface area (Å²) in [5.74, 6) is 1.36. The fraction of sp³-hybridized carbons (Fsp3) is 0.389. The maximum atomic E-state index is 5.45. The molecule has 0 saturated heterocycles. The van der Waals surface area contributed by atoms with Gasteiger partial charge in [-0.05, 0) is 49.6 Å². The Morgan fingerprint density at radius 3 is 3.05 bits per heavy atom. The molecule has 0 spiro atoms. The summed E-state index contributed by atoms with van der Waals surface area (Å²) < 4.78 is 5.45. The minimum atomic E-state index is 0.413. The molecule has 0 amide bonds. The van der Waals surface area contributed by atoms with Crippen LogP contribution in [-0.2, 0) is 13.0 Å². The number of hydrogen-bond donors (Lipinski definition) is 1. The molecule has 1 aromatic heterocycles. The highest BCUT2D eigenvalue weighted by Crippen LogP contribution is 2.36. The summed E-state index contributed by atoms with van der Waals surface area (Å²) in [5.41, 5.74) is 5.21. The van der Waals surface area contributed by atoms with Crippen molar-refractivity contribution in [1.29, 1.82) is 0 Å². The van der Waals surface area contributed by atoms with Gasteiger partial charge in [-0.15, -0.1) is 0 Å². The Bertz CT molecular complexity index is 624. The van der Waals surface area contributed by atoms with Crippen molar-refractivity contribution in [1.82, 2.24) is 10.3 Å². The Morgan fingerprint density at radius 1 is 1.33 bits per heavy atom. The molecule has 1 heterocycles. The van der Waals surface area contributed by atoms with Gasteiger partial charge >= 0.3 is 0 Å². The van der Waals surface area contributed by atoms with E-state index >= 15 is 0 Å². The third kappa shape index (κ3) is 2.79. The molecule has 2 aromatic rings. The van der Waals surface area contributed by atoms with Crippen molar-refractivity contribution in [3.63, 3.8) is 0 Å². The third-order valence-corrected chi connectivity index (χ3v) is 4.27. The molecule has 1 aliphatic carbocycles. The summed E-state index contributed by atoms with van der Waals surface area (Å²) >= 11 is 0. The molecule has 1 aromatic carbocycles. The zero-order chi connectivity index (χ0) is 14.7. The lowest BCUT2D eigenvalue weighted by atomic mass is 9.81. The predicted molar refractivity (Wildman–Crippen MR) is 84.8 cm³/mol. The lowest BCUT2D eigenvalue weighted by Crippen LogP contribution is -2.14.